The van der Waals surface area contributed by atoms with E-state index in [1.807, 2.05) is 0 Å². The van der Waals surface area contributed by atoms with E-state index in [-0.39, 0.29) is 13.2 Å². The summed E-state index contributed by atoms with van der Waals surface area (Å²) in [5.74, 6) is 0. The summed E-state index contributed by atoms with van der Waals surface area (Å²) in [5, 5.41) is 31.6. The molecule has 10 N–H and O–H groups in total. The Hall–Kier alpha value is -0.840. The van der Waals surface area contributed by atoms with Gasteiger partial charge in [0, 0.05) is 6.54 Å². The van der Waals surface area contributed by atoms with E-state index in [0.29, 0.717) is 0 Å². The van der Waals surface area contributed by atoms with Crippen molar-refractivity contribution in [1.82, 2.24) is 4.72 Å². The molecule has 0 aromatic rings. The molecule has 2 aliphatic rings. The fourth-order valence-electron chi connectivity index (χ4n) is 3.71. The molecule has 0 aliphatic carbocycles. The van der Waals surface area contributed by atoms with E-state index in [1.54, 1.807) is 0 Å². The maximum atomic E-state index is 11.6. The zero-order valence-electron chi connectivity index (χ0n) is 20.6. The number of ether oxygens (including phenoxy) is 4. The van der Waals surface area contributed by atoms with E-state index >= 15 is 0 Å². The quantitative estimate of drug-likeness (QED) is 0.0715. The Morgan fingerprint density at radius 3 is 1.69 bits per heavy atom. The van der Waals surface area contributed by atoms with Gasteiger partial charge in [0.25, 0.3) is 0 Å². The molecule has 0 spiro atoms. The monoisotopic (exact) mass is 704 g/mol. The summed E-state index contributed by atoms with van der Waals surface area (Å²) >= 11 is 0. The van der Waals surface area contributed by atoms with Gasteiger partial charge in [0.1, 0.15) is 48.8 Å². The maximum Gasteiger partial charge on any atom is 0.397 e. The van der Waals surface area contributed by atoms with Crippen molar-refractivity contribution >= 4 is 41.5 Å². The average molecular weight is 705 g/mol. The van der Waals surface area contributed by atoms with Crippen LogP contribution >= 0.6 is 0 Å². The second-order valence-corrected chi connectivity index (χ2v) is 12.8. The average Bonchev–Trinajstić information content (AvgIpc) is 2.81. The van der Waals surface area contributed by atoms with E-state index in [4.69, 9.17) is 38.3 Å². The molecule has 24 nitrogen and oxygen atoms in total. The predicted octanol–water partition coefficient (Wildman–Crippen LogP) is -6.53. The number of hydrogen-bond donors (Lipinski definition) is 9. The summed E-state index contributed by atoms with van der Waals surface area (Å²) in [6.07, 6.45) is -19.6. The largest absolute Gasteiger partial charge is 0.397 e. The Balaban J connectivity index is 2.54. The van der Waals surface area contributed by atoms with Crippen molar-refractivity contribution in [1.29, 1.82) is 0 Å². The van der Waals surface area contributed by atoms with Gasteiger partial charge in [0.15, 0.2) is 12.6 Å². The molecule has 2 fully saturated rings. The molecule has 0 aromatic heterocycles. The third kappa shape index (κ3) is 11.9. The van der Waals surface area contributed by atoms with E-state index in [1.165, 1.54) is 4.72 Å². The summed E-state index contributed by atoms with van der Waals surface area (Å²) in [6, 6.07) is -2.43. The first-order valence-electron chi connectivity index (χ1n) is 11.0. The molecule has 28 heteroatoms. The minimum atomic E-state index is -5.59. The molecule has 0 saturated carbocycles. The molecule has 2 saturated heterocycles. The Morgan fingerprint density at radius 1 is 0.690 bits per heavy atom. The van der Waals surface area contributed by atoms with Gasteiger partial charge in [-0.15, -0.1) is 0 Å². The highest BCUT2D eigenvalue weighted by Gasteiger charge is 2.54. The normalized spacial score (nSPS) is 35.2. The first-order chi connectivity index (χ1) is 19.0. The van der Waals surface area contributed by atoms with Crippen molar-refractivity contribution in [3.63, 3.8) is 0 Å². The molecule has 10 atom stereocenters. The Kier molecular flexibility index (Phi) is 12.9. The molecule has 2 heterocycles. The van der Waals surface area contributed by atoms with Crippen LogP contribution in [0.25, 0.3) is 0 Å². The van der Waals surface area contributed by atoms with Crippen LogP contribution in [0.5, 0.6) is 0 Å². The van der Waals surface area contributed by atoms with Crippen LogP contribution in [0.3, 0.4) is 0 Å². The van der Waals surface area contributed by atoms with Crippen LogP contribution in [0, 0.1) is 0 Å². The zero-order valence-corrected chi connectivity index (χ0v) is 23.8. The SMILES string of the molecule is NCCO[C@@H]1O[C@H](COS(=O)(=O)O)[C@@H](O[C@H]2O[C@H](COS(=O)(=O)O)[C@@H](O)[C@H](OS(=O)(=O)O)[C@H]2NS(=O)(=O)O)[C@H](O)[C@H]1O. The van der Waals surface area contributed by atoms with Crippen LogP contribution in [-0.4, -0.2) is 155 Å². The van der Waals surface area contributed by atoms with Gasteiger partial charge in [-0.3, -0.25) is 18.2 Å². The van der Waals surface area contributed by atoms with Crippen molar-refractivity contribution < 1.29 is 98.7 Å². The lowest BCUT2D eigenvalue weighted by Gasteiger charge is -2.47. The van der Waals surface area contributed by atoms with Crippen LogP contribution in [0.15, 0.2) is 0 Å². The van der Waals surface area contributed by atoms with Gasteiger partial charge >= 0.3 is 41.5 Å². The third-order valence-corrected chi connectivity index (χ3v) is 7.19. The van der Waals surface area contributed by atoms with Crippen molar-refractivity contribution in [2.24, 2.45) is 5.73 Å². The number of rotatable bonds is 15. The standard InChI is InChI=1S/C14H28N2O22S4/c15-1-2-32-14-10(19)9(18)11(6(36-14)4-34-41(26,27)28)37-13-7(16-39(20,21)22)12(38-42(29,30)31)8(17)5(35-13)3-33-40(23,24)25/h5-14,16-19H,1-4,15H2,(H,20,21,22)(H,23,24,25)(H,26,27,28)(H,29,30,31)/t5-,6-,7-,8-,9-,10-,11-,12-,13-,14-/m1/s1. The molecular formula is C14H28N2O22S4. The van der Waals surface area contributed by atoms with E-state index in [9.17, 15) is 53.5 Å². The lowest BCUT2D eigenvalue weighted by Crippen LogP contribution is -2.68. The van der Waals surface area contributed by atoms with Crippen molar-refractivity contribution in [3.8, 4) is 0 Å². The molecule has 2 aliphatic heterocycles. The Bertz CT molecular complexity index is 1320. The highest BCUT2D eigenvalue weighted by molar-refractivity contribution is 7.83. The summed E-state index contributed by atoms with van der Waals surface area (Å²) in [6.45, 7) is -2.97. The van der Waals surface area contributed by atoms with Gasteiger partial charge in [0.2, 0.25) is 0 Å². The van der Waals surface area contributed by atoms with Gasteiger partial charge < -0.3 is 40.0 Å². The highest BCUT2D eigenvalue weighted by Crippen LogP contribution is 2.32. The molecule has 0 unspecified atom stereocenters. The van der Waals surface area contributed by atoms with E-state index in [2.05, 4.69) is 12.5 Å². The fraction of sp³-hybridized carbons (Fsp3) is 1.00. The zero-order chi connectivity index (χ0) is 32.3. The predicted molar refractivity (Wildman–Crippen MR) is 125 cm³/mol. The molecule has 0 radical (unpaired) electrons. The molecular weight excluding hydrogens is 676 g/mol. The summed E-state index contributed by atoms with van der Waals surface area (Å²) in [7, 11) is -21.4. The van der Waals surface area contributed by atoms with Crippen LogP contribution in [-0.2, 0) is 73.0 Å². The van der Waals surface area contributed by atoms with E-state index in [0.717, 1.165) is 0 Å². The summed E-state index contributed by atoms with van der Waals surface area (Å²) < 4.78 is 162. The van der Waals surface area contributed by atoms with Crippen LogP contribution in [0.1, 0.15) is 0 Å². The van der Waals surface area contributed by atoms with Gasteiger partial charge in [-0.2, -0.15) is 38.4 Å². The van der Waals surface area contributed by atoms with Gasteiger partial charge in [-0.25, -0.2) is 12.5 Å². The molecule has 0 amide bonds. The van der Waals surface area contributed by atoms with Crippen LogP contribution in [0.2, 0.25) is 0 Å². The number of hydrogen-bond acceptors (Lipinski definition) is 19. The lowest BCUT2D eigenvalue weighted by molar-refractivity contribution is -0.344. The number of aliphatic hydroxyl groups is 3. The molecule has 42 heavy (non-hydrogen) atoms. The lowest BCUT2D eigenvalue weighted by atomic mass is 9.96. The summed E-state index contributed by atoms with van der Waals surface area (Å²) in [4.78, 5) is 0. The minimum Gasteiger partial charge on any atom is -0.387 e. The highest BCUT2D eigenvalue weighted by atomic mass is 32.3. The fourth-order valence-corrected chi connectivity index (χ4v) is 5.43. The van der Waals surface area contributed by atoms with E-state index < -0.39 is 116 Å². The molecule has 250 valence electrons. The summed E-state index contributed by atoms with van der Waals surface area (Å²) in [5.41, 5.74) is 5.29. The van der Waals surface area contributed by atoms with Gasteiger partial charge in [-0.1, -0.05) is 0 Å². The van der Waals surface area contributed by atoms with Crippen molar-refractivity contribution in [2.45, 2.75) is 61.3 Å². The minimum absolute atomic E-state index is 0.127. The van der Waals surface area contributed by atoms with Gasteiger partial charge in [-0.05, 0) is 0 Å². The molecule has 2 rings (SSSR count). The number of nitrogens with one attached hydrogen (secondary N) is 1. The molecule has 0 aromatic carbocycles. The maximum absolute atomic E-state index is 11.6. The van der Waals surface area contributed by atoms with Crippen molar-refractivity contribution in [3.05, 3.63) is 0 Å². The third-order valence-electron chi connectivity index (χ3n) is 5.29. The van der Waals surface area contributed by atoms with Gasteiger partial charge in [0.05, 0.1) is 19.8 Å². The Labute approximate surface area is 238 Å². The number of aliphatic hydroxyl groups excluding tert-OH is 3. The Morgan fingerprint density at radius 2 is 1.21 bits per heavy atom. The first-order valence-corrected chi connectivity index (χ1v) is 16.5. The second kappa shape index (κ2) is 14.5. The number of nitrogens with two attached hydrogens (primary N) is 1. The van der Waals surface area contributed by atoms with Crippen molar-refractivity contribution in [2.75, 3.05) is 26.4 Å². The topological polar surface area (TPSA) is 381 Å². The van der Waals surface area contributed by atoms with Crippen LogP contribution < -0.4 is 10.5 Å². The smallest absolute Gasteiger partial charge is 0.387 e. The van der Waals surface area contributed by atoms with Crippen LogP contribution in [0.4, 0.5) is 0 Å². The first kappa shape index (κ1) is 37.3. The second-order valence-electron chi connectivity index (χ2n) is 8.35. The molecule has 0 bridgehead atoms.